The zero-order valence-electron chi connectivity index (χ0n) is 16.5. The van der Waals surface area contributed by atoms with Crippen LogP contribution >= 0.6 is 0 Å². The normalized spacial score (nSPS) is 20.2. The molecule has 1 N–H and O–H groups in total. The lowest BCUT2D eigenvalue weighted by atomic mass is 10.1. The van der Waals surface area contributed by atoms with Gasteiger partial charge in [0.2, 0.25) is 0 Å². The lowest BCUT2D eigenvalue weighted by molar-refractivity contribution is -0.0135. The predicted molar refractivity (Wildman–Crippen MR) is 110 cm³/mol. The Bertz CT molecular complexity index is 800. The molecular formula is C21H29N5O2. The second kappa shape index (κ2) is 8.65. The molecule has 2 amide bonds. The third kappa shape index (κ3) is 4.30. The Labute approximate surface area is 166 Å². The summed E-state index contributed by atoms with van der Waals surface area (Å²) < 4.78 is 7.75. The SMILES string of the molecule is CCn1cc([C@@H]2CN(C(=O)Nc3cccc(N4CCCCC4)c3)CCO2)cn1. The van der Waals surface area contributed by atoms with Gasteiger partial charge in [0.1, 0.15) is 6.10 Å². The molecule has 2 fully saturated rings. The van der Waals surface area contributed by atoms with Gasteiger partial charge < -0.3 is 19.9 Å². The van der Waals surface area contributed by atoms with Gasteiger partial charge in [-0.3, -0.25) is 4.68 Å². The first-order valence-corrected chi connectivity index (χ1v) is 10.3. The zero-order valence-corrected chi connectivity index (χ0v) is 16.5. The van der Waals surface area contributed by atoms with E-state index in [0.717, 1.165) is 30.9 Å². The number of hydrogen-bond donors (Lipinski definition) is 1. The van der Waals surface area contributed by atoms with E-state index in [1.165, 1.54) is 24.9 Å². The molecule has 0 saturated carbocycles. The van der Waals surface area contributed by atoms with Crippen molar-refractivity contribution in [2.45, 2.75) is 38.8 Å². The monoisotopic (exact) mass is 383 g/mol. The maximum absolute atomic E-state index is 12.8. The number of carbonyl (C=O) groups excluding carboxylic acids is 1. The van der Waals surface area contributed by atoms with Crippen molar-refractivity contribution >= 4 is 17.4 Å². The number of carbonyl (C=O) groups is 1. The van der Waals surface area contributed by atoms with Gasteiger partial charge >= 0.3 is 6.03 Å². The third-order valence-electron chi connectivity index (χ3n) is 5.52. The zero-order chi connectivity index (χ0) is 19.3. The van der Waals surface area contributed by atoms with Crippen molar-refractivity contribution in [2.75, 3.05) is 43.0 Å². The molecule has 1 aromatic carbocycles. The molecule has 4 rings (SSSR count). The minimum atomic E-state index is -0.125. The molecule has 2 aromatic rings. The van der Waals surface area contributed by atoms with Gasteiger partial charge in [0.25, 0.3) is 0 Å². The molecule has 2 aliphatic rings. The van der Waals surface area contributed by atoms with E-state index >= 15 is 0 Å². The van der Waals surface area contributed by atoms with Crippen LogP contribution in [0.3, 0.4) is 0 Å². The van der Waals surface area contributed by atoms with Gasteiger partial charge in [0.05, 0.1) is 19.3 Å². The first kappa shape index (κ1) is 18.8. The second-order valence-corrected chi connectivity index (χ2v) is 7.46. The van der Waals surface area contributed by atoms with E-state index in [0.29, 0.717) is 19.7 Å². The standard InChI is InChI=1S/C21H29N5O2/c1-2-26-15-17(14-22-26)20-16-25(11-12-28-20)21(27)23-18-7-6-8-19(13-18)24-9-4-3-5-10-24/h6-8,13-15,20H,2-5,9-12,16H2,1H3,(H,23,27)/t20-/m0/s1. The minimum absolute atomic E-state index is 0.0769. The summed E-state index contributed by atoms with van der Waals surface area (Å²) in [5, 5.41) is 7.38. The Balaban J connectivity index is 1.39. The van der Waals surface area contributed by atoms with E-state index in [9.17, 15) is 4.79 Å². The lowest BCUT2D eigenvalue weighted by Gasteiger charge is -2.33. The van der Waals surface area contributed by atoms with Crippen molar-refractivity contribution < 1.29 is 9.53 Å². The van der Waals surface area contributed by atoms with Crippen LogP contribution in [0, 0.1) is 0 Å². The highest BCUT2D eigenvalue weighted by atomic mass is 16.5. The largest absolute Gasteiger partial charge is 0.371 e. The Kier molecular flexibility index (Phi) is 5.81. The highest BCUT2D eigenvalue weighted by Crippen LogP contribution is 2.25. The lowest BCUT2D eigenvalue weighted by Crippen LogP contribution is -2.44. The van der Waals surface area contributed by atoms with Gasteiger partial charge in [-0.15, -0.1) is 0 Å². The number of ether oxygens (including phenoxy) is 1. The van der Waals surface area contributed by atoms with Crippen LogP contribution in [-0.2, 0) is 11.3 Å². The summed E-state index contributed by atoms with van der Waals surface area (Å²) in [7, 11) is 0. The highest BCUT2D eigenvalue weighted by Gasteiger charge is 2.26. The summed E-state index contributed by atoms with van der Waals surface area (Å²) in [6, 6.07) is 8.09. The number of urea groups is 1. The van der Waals surface area contributed by atoms with E-state index < -0.39 is 0 Å². The Morgan fingerprint density at radius 3 is 2.89 bits per heavy atom. The number of aryl methyl sites for hydroxylation is 1. The molecule has 7 heteroatoms. The van der Waals surface area contributed by atoms with E-state index in [1.54, 1.807) is 0 Å². The van der Waals surface area contributed by atoms with Crippen LogP contribution in [0.1, 0.15) is 37.9 Å². The topological polar surface area (TPSA) is 62.6 Å². The number of benzene rings is 1. The number of aromatic nitrogens is 2. The fraction of sp³-hybridized carbons (Fsp3) is 0.524. The molecule has 3 heterocycles. The van der Waals surface area contributed by atoms with Crippen LogP contribution in [-0.4, -0.2) is 53.5 Å². The van der Waals surface area contributed by atoms with Crippen molar-refractivity contribution in [3.8, 4) is 0 Å². The maximum atomic E-state index is 12.8. The molecule has 2 aliphatic heterocycles. The summed E-state index contributed by atoms with van der Waals surface area (Å²) in [5.74, 6) is 0. The van der Waals surface area contributed by atoms with Crippen molar-refractivity contribution in [1.82, 2.24) is 14.7 Å². The molecule has 150 valence electrons. The molecular weight excluding hydrogens is 354 g/mol. The van der Waals surface area contributed by atoms with Crippen LogP contribution in [0.5, 0.6) is 0 Å². The number of morpholine rings is 1. The molecule has 0 aliphatic carbocycles. The first-order valence-electron chi connectivity index (χ1n) is 10.3. The number of rotatable bonds is 4. The molecule has 1 atom stereocenters. The summed E-state index contributed by atoms with van der Waals surface area (Å²) in [6.45, 7) is 6.72. The summed E-state index contributed by atoms with van der Waals surface area (Å²) in [6.07, 6.45) is 7.48. The Morgan fingerprint density at radius 1 is 1.25 bits per heavy atom. The smallest absolute Gasteiger partial charge is 0.322 e. The predicted octanol–water partition coefficient (Wildman–Crippen LogP) is 3.50. The number of hydrogen-bond acceptors (Lipinski definition) is 4. The van der Waals surface area contributed by atoms with Gasteiger partial charge in [0.15, 0.2) is 0 Å². The van der Waals surface area contributed by atoms with Crippen molar-refractivity contribution in [2.24, 2.45) is 0 Å². The van der Waals surface area contributed by atoms with Crippen LogP contribution in [0.4, 0.5) is 16.2 Å². The Hall–Kier alpha value is -2.54. The molecule has 28 heavy (non-hydrogen) atoms. The fourth-order valence-electron chi connectivity index (χ4n) is 3.89. The fourth-order valence-corrected chi connectivity index (χ4v) is 3.89. The average molecular weight is 383 g/mol. The molecule has 0 bridgehead atoms. The average Bonchev–Trinajstić information content (AvgIpc) is 3.24. The van der Waals surface area contributed by atoms with Crippen LogP contribution < -0.4 is 10.2 Å². The molecule has 0 radical (unpaired) electrons. The van der Waals surface area contributed by atoms with E-state index in [4.69, 9.17) is 4.74 Å². The summed E-state index contributed by atoms with van der Waals surface area (Å²) >= 11 is 0. The van der Waals surface area contributed by atoms with Crippen LogP contribution in [0.2, 0.25) is 0 Å². The molecule has 7 nitrogen and oxygen atoms in total. The van der Waals surface area contributed by atoms with E-state index in [2.05, 4.69) is 34.4 Å². The second-order valence-electron chi connectivity index (χ2n) is 7.46. The summed E-state index contributed by atoms with van der Waals surface area (Å²) in [5.41, 5.74) is 3.05. The quantitative estimate of drug-likeness (QED) is 0.878. The van der Waals surface area contributed by atoms with Crippen LogP contribution in [0.25, 0.3) is 0 Å². The van der Waals surface area contributed by atoms with Gasteiger partial charge in [-0.05, 0) is 44.4 Å². The van der Waals surface area contributed by atoms with Crippen molar-refractivity contribution in [3.63, 3.8) is 0 Å². The number of amides is 2. The molecule has 0 spiro atoms. The van der Waals surface area contributed by atoms with Gasteiger partial charge in [0, 0.05) is 49.3 Å². The van der Waals surface area contributed by atoms with Gasteiger partial charge in [-0.2, -0.15) is 5.10 Å². The highest BCUT2D eigenvalue weighted by molar-refractivity contribution is 5.90. The van der Waals surface area contributed by atoms with Crippen molar-refractivity contribution in [1.29, 1.82) is 0 Å². The minimum Gasteiger partial charge on any atom is -0.371 e. The third-order valence-corrected chi connectivity index (χ3v) is 5.52. The van der Waals surface area contributed by atoms with Crippen molar-refractivity contribution in [3.05, 3.63) is 42.2 Å². The van der Waals surface area contributed by atoms with Gasteiger partial charge in [-0.25, -0.2) is 4.79 Å². The van der Waals surface area contributed by atoms with Gasteiger partial charge in [-0.1, -0.05) is 6.07 Å². The molecule has 1 aromatic heterocycles. The number of anilines is 2. The number of nitrogens with one attached hydrogen (secondary N) is 1. The van der Waals surface area contributed by atoms with Crippen LogP contribution in [0.15, 0.2) is 36.7 Å². The van der Waals surface area contributed by atoms with E-state index in [1.807, 2.05) is 34.1 Å². The van der Waals surface area contributed by atoms with E-state index in [-0.39, 0.29) is 12.1 Å². The first-order chi connectivity index (χ1) is 13.7. The maximum Gasteiger partial charge on any atom is 0.322 e. The number of piperidine rings is 1. The Morgan fingerprint density at radius 2 is 2.11 bits per heavy atom. The molecule has 2 saturated heterocycles. The summed E-state index contributed by atoms with van der Waals surface area (Å²) in [4.78, 5) is 17.0. The number of nitrogens with zero attached hydrogens (tertiary/aromatic N) is 4. The molecule has 0 unspecified atom stereocenters.